The number of amides is 1. The van der Waals surface area contributed by atoms with E-state index in [1.165, 1.54) is 0 Å². The van der Waals surface area contributed by atoms with Gasteiger partial charge in [0.2, 0.25) is 5.91 Å². The van der Waals surface area contributed by atoms with Gasteiger partial charge in [-0.2, -0.15) is 0 Å². The Morgan fingerprint density at radius 2 is 1.92 bits per heavy atom. The van der Waals surface area contributed by atoms with E-state index in [-0.39, 0.29) is 22.9 Å². The van der Waals surface area contributed by atoms with Gasteiger partial charge in [-0.15, -0.1) is 0 Å². The average molecular weight is 250 g/mol. The number of morpholine rings is 1. The predicted molar refractivity (Wildman–Crippen MR) is 55.0 cm³/mol. The van der Waals surface area contributed by atoms with Gasteiger partial charge in [0, 0.05) is 13.1 Å². The second kappa shape index (κ2) is 4.42. The monoisotopic (exact) mass is 249 g/mol. The van der Waals surface area contributed by atoms with Gasteiger partial charge in [0.15, 0.2) is 0 Å². The van der Waals surface area contributed by atoms with Crippen LogP contribution >= 0.6 is 15.9 Å². The van der Waals surface area contributed by atoms with E-state index in [0.29, 0.717) is 13.1 Å². The number of nitrogens with zero attached hydrogens (tertiary/aromatic N) is 1. The summed E-state index contributed by atoms with van der Waals surface area (Å²) in [6, 6.07) is 0. The molecule has 1 amide bonds. The molecule has 1 aliphatic rings. The highest BCUT2D eigenvalue weighted by Gasteiger charge is 2.27. The summed E-state index contributed by atoms with van der Waals surface area (Å²) >= 11 is 3.28. The summed E-state index contributed by atoms with van der Waals surface area (Å²) in [6.07, 6.45) is 0.304. The maximum absolute atomic E-state index is 11.6. The quantitative estimate of drug-likeness (QED) is 0.658. The van der Waals surface area contributed by atoms with Gasteiger partial charge in [0.05, 0.1) is 17.0 Å². The molecule has 0 bridgehead atoms. The second-order valence-corrected chi connectivity index (χ2v) is 4.99. The van der Waals surface area contributed by atoms with Crippen LogP contribution in [0.2, 0.25) is 0 Å². The van der Waals surface area contributed by atoms with Gasteiger partial charge in [-0.25, -0.2) is 0 Å². The van der Waals surface area contributed by atoms with Gasteiger partial charge in [0.25, 0.3) is 0 Å². The van der Waals surface area contributed by atoms with Crippen LogP contribution in [0.15, 0.2) is 0 Å². The van der Waals surface area contributed by atoms with Gasteiger partial charge in [0.1, 0.15) is 0 Å². The molecule has 0 saturated carbocycles. The van der Waals surface area contributed by atoms with Crippen molar-refractivity contribution in [3.63, 3.8) is 0 Å². The maximum Gasteiger partial charge on any atom is 0.236 e. The Bertz CT molecular complexity index is 186. The number of hydrogen-bond acceptors (Lipinski definition) is 2. The molecule has 0 N–H and O–H groups in total. The summed E-state index contributed by atoms with van der Waals surface area (Å²) in [5, 5.41) is 0. The fourth-order valence-corrected chi connectivity index (χ4v) is 1.90. The lowest BCUT2D eigenvalue weighted by atomic mass is 10.2. The first-order valence-corrected chi connectivity index (χ1v) is 5.50. The number of carbonyl (C=O) groups is 1. The standard InChI is InChI=1S/C9H16BrNO2/c1-6-4-11(5-7(2)13-6)9(12)8(3)10/h6-8H,4-5H2,1-3H3/t6-,7-,8+/m1/s1. The lowest BCUT2D eigenvalue weighted by Crippen LogP contribution is -2.49. The van der Waals surface area contributed by atoms with Crippen molar-refractivity contribution in [2.75, 3.05) is 13.1 Å². The summed E-state index contributed by atoms with van der Waals surface area (Å²) < 4.78 is 5.54. The molecular weight excluding hydrogens is 234 g/mol. The summed E-state index contributed by atoms with van der Waals surface area (Å²) in [5.74, 6) is 0.155. The van der Waals surface area contributed by atoms with E-state index in [1.54, 1.807) is 0 Å². The molecule has 0 aliphatic carbocycles. The van der Waals surface area contributed by atoms with Crippen LogP contribution in [-0.4, -0.2) is 40.9 Å². The number of halogens is 1. The van der Waals surface area contributed by atoms with Crippen molar-refractivity contribution in [3.05, 3.63) is 0 Å². The average Bonchev–Trinajstić information content (AvgIpc) is 2.01. The van der Waals surface area contributed by atoms with E-state index < -0.39 is 0 Å². The molecule has 0 aromatic heterocycles. The van der Waals surface area contributed by atoms with Gasteiger partial charge in [-0.3, -0.25) is 4.79 Å². The first kappa shape index (κ1) is 11.0. The molecule has 76 valence electrons. The van der Waals surface area contributed by atoms with Gasteiger partial charge in [-0.05, 0) is 20.8 Å². The Kier molecular flexibility index (Phi) is 3.74. The first-order valence-electron chi connectivity index (χ1n) is 4.59. The first-order chi connectivity index (χ1) is 6.00. The zero-order valence-corrected chi connectivity index (χ0v) is 9.87. The Hall–Kier alpha value is -0.0900. The van der Waals surface area contributed by atoms with E-state index >= 15 is 0 Å². The number of carbonyl (C=O) groups excluding carboxylic acids is 1. The van der Waals surface area contributed by atoms with Crippen LogP contribution in [0.3, 0.4) is 0 Å². The molecule has 0 aromatic carbocycles. The smallest absolute Gasteiger partial charge is 0.236 e. The second-order valence-electron chi connectivity index (χ2n) is 3.62. The molecule has 1 rings (SSSR count). The Morgan fingerprint density at radius 3 is 2.31 bits per heavy atom. The highest BCUT2D eigenvalue weighted by molar-refractivity contribution is 9.10. The van der Waals surface area contributed by atoms with Crippen molar-refractivity contribution in [3.8, 4) is 0 Å². The zero-order chi connectivity index (χ0) is 10.0. The van der Waals surface area contributed by atoms with Crippen LogP contribution in [-0.2, 0) is 9.53 Å². The fourth-order valence-electron chi connectivity index (χ4n) is 1.61. The SMILES string of the molecule is C[C@@H]1CN(C(=O)[C@H](C)Br)C[C@@H](C)O1. The molecular formula is C9H16BrNO2. The van der Waals surface area contributed by atoms with Crippen molar-refractivity contribution in [1.82, 2.24) is 4.90 Å². The van der Waals surface area contributed by atoms with Crippen LogP contribution in [0.5, 0.6) is 0 Å². The Labute approximate surface area is 87.6 Å². The van der Waals surface area contributed by atoms with Crippen molar-refractivity contribution in [1.29, 1.82) is 0 Å². The fraction of sp³-hybridized carbons (Fsp3) is 0.889. The van der Waals surface area contributed by atoms with E-state index in [2.05, 4.69) is 15.9 Å². The summed E-state index contributed by atoms with van der Waals surface area (Å²) in [7, 11) is 0. The largest absolute Gasteiger partial charge is 0.372 e. The molecule has 4 heteroatoms. The number of alkyl halides is 1. The van der Waals surface area contributed by atoms with Crippen LogP contribution in [0.1, 0.15) is 20.8 Å². The zero-order valence-electron chi connectivity index (χ0n) is 8.29. The third-order valence-electron chi connectivity index (χ3n) is 2.07. The van der Waals surface area contributed by atoms with Crippen LogP contribution in [0.4, 0.5) is 0 Å². The van der Waals surface area contributed by atoms with E-state index in [0.717, 1.165) is 0 Å². The minimum absolute atomic E-state index is 0.0926. The van der Waals surface area contributed by atoms with Crippen molar-refractivity contribution >= 4 is 21.8 Å². The lowest BCUT2D eigenvalue weighted by Gasteiger charge is -2.35. The number of rotatable bonds is 1. The lowest BCUT2D eigenvalue weighted by molar-refractivity contribution is -0.142. The minimum Gasteiger partial charge on any atom is -0.372 e. The molecule has 3 nitrogen and oxygen atoms in total. The van der Waals surface area contributed by atoms with Crippen molar-refractivity contribution in [2.24, 2.45) is 0 Å². The van der Waals surface area contributed by atoms with E-state index in [9.17, 15) is 4.79 Å². The molecule has 3 atom stereocenters. The summed E-state index contributed by atoms with van der Waals surface area (Å²) in [5.41, 5.74) is 0. The highest BCUT2D eigenvalue weighted by Crippen LogP contribution is 2.13. The van der Waals surface area contributed by atoms with Gasteiger partial charge < -0.3 is 9.64 Å². The van der Waals surface area contributed by atoms with E-state index in [1.807, 2.05) is 25.7 Å². The van der Waals surface area contributed by atoms with Crippen LogP contribution < -0.4 is 0 Å². The van der Waals surface area contributed by atoms with Crippen molar-refractivity contribution < 1.29 is 9.53 Å². The van der Waals surface area contributed by atoms with Gasteiger partial charge >= 0.3 is 0 Å². The molecule has 0 radical (unpaired) electrons. The van der Waals surface area contributed by atoms with E-state index in [4.69, 9.17) is 4.74 Å². The molecule has 0 unspecified atom stereocenters. The van der Waals surface area contributed by atoms with Gasteiger partial charge in [-0.1, -0.05) is 15.9 Å². The topological polar surface area (TPSA) is 29.5 Å². The molecule has 1 fully saturated rings. The molecule has 0 spiro atoms. The molecule has 1 heterocycles. The number of ether oxygens (including phenoxy) is 1. The van der Waals surface area contributed by atoms with Crippen LogP contribution in [0, 0.1) is 0 Å². The number of hydrogen-bond donors (Lipinski definition) is 0. The van der Waals surface area contributed by atoms with Crippen LogP contribution in [0.25, 0.3) is 0 Å². The molecule has 1 saturated heterocycles. The third kappa shape index (κ3) is 2.95. The molecule has 0 aromatic rings. The highest BCUT2D eigenvalue weighted by atomic mass is 79.9. The third-order valence-corrected chi connectivity index (χ3v) is 2.46. The minimum atomic E-state index is -0.0926. The normalized spacial score (nSPS) is 31.5. The summed E-state index contributed by atoms with van der Waals surface area (Å²) in [4.78, 5) is 13.4. The summed E-state index contributed by atoms with van der Waals surface area (Å²) in [6.45, 7) is 7.26. The predicted octanol–water partition coefficient (Wildman–Crippen LogP) is 1.41. The Balaban J connectivity index is 2.55. The van der Waals surface area contributed by atoms with Crippen molar-refractivity contribution in [2.45, 2.75) is 37.8 Å². The molecule has 1 aliphatic heterocycles. The maximum atomic E-state index is 11.6. The molecule has 13 heavy (non-hydrogen) atoms. The Morgan fingerprint density at radius 1 is 1.46 bits per heavy atom.